The van der Waals surface area contributed by atoms with Gasteiger partial charge in [0.25, 0.3) is 0 Å². The van der Waals surface area contributed by atoms with Crippen LogP contribution in [-0.4, -0.2) is 17.0 Å². The number of benzene rings is 1. The molecule has 1 aliphatic heterocycles. The molecular formula is C12H13ClN2S. The van der Waals surface area contributed by atoms with E-state index in [1.54, 1.807) is 6.07 Å². The Balaban J connectivity index is 2.08. The van der Waals surface area contributed by atoms with Crippen molar-refractivity contribution in [1.82, 2.24) is 0 Å². The van der Waals surface area contributed by atoms with Gasteiger partial charge in [0.1, 0.15) is 6.07 Å². The van der Waals surface area contributed by atoms with Crippen LogP contribution < -0.4 is 5.32 Å². The Morgan fingerprint density at radius 1 is 1.56 bits per heavy atom. The van der Waals surface area contributed by atoms with Gasteiger partial charge in [0, 0.05) is 22.7 Å². The molecule has 1 aromatic rings. The summed E-state index contributed by atoms with van der Waals surface area (Å²) in [6.45, 7) is 2.24. The molecule has 0 aliphatic carbocycles. The van der Waals surface area contributed by atoms with E-state index in [0.29, 0.717) is 16.6 Å². The van der Waals surface area contributed by atoms with Gasteiger partial charge < -0.3 is 5.32 Å². The fourth-order valence-corrected chi connectivity index (χ4v) is 3.16. The molecule has 84 valence electrons. The monoisotopic (exact) mass is 252 g/mol. The second-order valence-corrected chi connectivity index (χ2v) is 5.91. The highest BCUT2D eigenvalue weighted by atomic mass is 35.5. The van der Waals surface area contributed by atoms with Crippen LogP contribution in [0.15, 0.2) is 18.2 Å². The number of nitrogens with one attached hydrogen (secondary N) is 1. The molecule has 0 amide bonds. The van der Waals surface area contributed by atoms with Gasteiger partial charge in [-0.2, -0.15) is 17.0 Å². The molecule has 1 heterocycles. The molecule has 0 spiro atoms. The third kappa shape index (κ3) is 2.63. The standard InChI is InChI=1S/C12H13ClN2S/c1-8-4-11(7-16-8)15-10-2-3-12(13)9(5-10)6-14/h2-3,5,8,11,15H,4,7H2,1H3. The maximum atomic E-state index is 8.88. The van der Waals surface area contributed by atoms with Crippen molar-refractivity contribution in [1.29, 1.82) is 5.26 Å². The molecule has 16 heavy (non-hydrogen) atoms. The topological polar surface area (TPSA) is 35.8 Å². The lowest BCUT2D eigenvalue weighted by Gasteiger charge is -2.13. The number of thioether (sulfide) groups is 1. The van der Waals surface area contributed by atoms with Crippen molar-refractivity contribution >= 4 is 29.1 Å². The van der Waals surface area contributed by atoms with Gasteiger partial charge in [-0.15, -0.1) is 0 Å². The second-order valence-electron chi connectivity index (χ2n) is 4.03. The Hall–Kier alpha value is -0.850. The SMILES string of the molecule is CC1CC(Nc2ccc(Cl)c(C#N)c2)CS1. The molecule has 2 nitrogen and oxygen atoms in total. The largest absolute Gasteiger partial charge is 0.381 e. The van der Waals surface area contributed by atoms with E-state index in [4.69, 9.17) is 16.9 Å². The van der Waals surface area contributed by atoms with E-state index in [0.717, 1.165) is 16.7 Å². The van der Waals surface area contributed by atoms with Crippen LogP contribution in [0.5, 0.6) is 0 Å². The summed E-state index contributed by atoms with van der Waals surface area (Å²) in [5, 5.41) is 13.6. The molecule has 1 fully saturated rings. The Kier molecular flexibility index (Phi) is 3.63. The smallest absolute Gasteiger partial charge is 0.101 e. The summed E-state index contributed by atoms with van der Waals surface area (Å²) in [5.41, 5.74) is 1.52. The van der Waals surface area contributed by atoms with Crippen LogP contribution in [0.2, 0.25) is 5.02 Å². The van der Waals surface area contributed by atoms with E-state index in [-0.39, 0.29) is 0 Å². The number of rotatable bonds is 2. The van der Waals surface area contributed by atoms with Crippen molar-refractivity contribution in [3.8, 4) is 6.07 Å². The maximum Gasteiger partial charge on any atom is 0.101 e. The van der Waals surface area contributed by atoms with Crippen molar-refractivity contribution in [3.05, 3.63) is 28.8 Å². The molecule has 1 saturated heterocycles. The zero-order valence-corrected chi connectivity index (χ0v) is 10.6. The van der Waals surface area contributed by atoms with E-state index in [9.17, 15) is 0 Å². The van der Waals surface area contributed by atoms with E-state index < -0.39 is 0 Å². The minimum Gasteiger partial charge on any atom is -0.381 e. The number of nitriles is 1. The molecule has 2 unspecified atom stereocenters. The Morgan fingerprint density at radius 3 is 3.00 bits per heavy atom. The highest BCUT2D eigenvalue weighted by molar-refractivity contribution is 8.00. The molecule has 2 rings (SSSR count). The third-order valence-electron chi connectivity index (χ3n) is 2.66. The van der Waals surface area contributed by atoms with Crippen LogP contribution in [0.25, 0.3) is 0 Å². The lowest BCUT2D eigenvalue weighted by atomic mass is 10.1. The van der Waals surface area contributed by atoms with Gasteiger partial charge in [0.15, 0.2) is 0 Å². The van der Waals surface area contributed by atoms with Crippen molar-refractivity contribution in [2.24, 2.45) is 0 Å². The fourth-order valence-electron chi connectivity index (χ4n) is 1.85. The van der Waals surface area contributed by atoms with E-state index in [2.05, 4.69) is 18.3 Å². The average Bonchev–Trinajstić information content (AvgIpc) is 2.67. The van der Waals surface area contributed by atoms with Crippen LogP contribution in [0.1, 0.15) is 18.9 Å². The van der Waals surface area contributed by atoms with E-state index >= 15 is 0 Å². The predicted molar refractivity (Wildman–Crippen MR) is 70.1 cm³/mol. The second kappa shape index (κ2) is 4.99. The molecule has 0 radical (unpaired) electrons. The van der Waals surface area contributed by atoms with Gasteiger partial charge in [-0.3, -0.25) is 0 Å². The highest BCUT2D eigenvalue weighted by Gasteiger charge is 2.21. The summed E-state index contributed by atoms with van der Waals surface area (Å²) < 4.78 is 0. The molecule has 1 N–H and O–H groups in total. The van der Waals surface area contributed by atoms with Crippen LogP contribution in [0.3, 0.4) is 0 Å². The minimum absolute atomic E-state index is 0.507. The van der Waals surface area contributed by atoms with Crippen molar-refractivity contribution in [3.63, 3.8) is 0 Å². The van der Waals surface area contributed by atoms with Crippen molar-refractivity contribution in [2.45, 2.75) is 24.6 Å². The summed E-state index contributed by atoms with van der Waals surface area (Å²) >= 11 is 7.87. The molecule has 0 aromatic heterocycles. The first kappa shape index (κ1) is 11.6. The summed E-state index contributed by atoms with van der Waals surface area (Å²) in [4.78, 5) is 0. The number of hydrogen-bond donors (Lipinski definition) is 1. The molecule has 2 atom stereocenters. The number of anilines is 1. The van der Waals surface area contributed by atoms with Crippen LogP contribution in [-0.2, 0) is 0 Å². The molecule has 1 aromatic carbocycles. The molecular weight excluding hydrogens is 240 g/mol. The summed E-state index contributed by atoms with van der Waals surface area (Å²) in [6.07, 6.45) is 1.18. The summed E-state index contributed by atoms with van der Waals surface area (Å²) in [6, 6.07) is 8.11. The Morgan fingerprint density at radius 2 is 2.38 bits per heavy atom. The van der Waals surface area contributed by atoms with Crippen LogP contribution in [0.4, 0.5) is 5.69 Å². The van der Waals surface area contributed by atoms with Crippen LogP contribution in [0, 0.1) is 11.3 Å². The normalized spacial score (nSPS) is 24.1. The average molecular weight is 253 g/mol. The van der Waals surface area contributed by atoms with E-state index in [1.807, 2.05) is 23.9 Å². The van der Waals surface area contributed by atoms with Gasteiger partial charge in [0.05, 0.1) is 10.6 Å². The number of halogens is 1. The fraction of sp³-hybridized carbons (Fsp3) is 0.417. The first-order chi connectivity index (χ1) is 7.69. The number of hydrogen-bond acceptors (Lipinski definition) is 3. The zero-order valence-electron chi connectivity index (χ0n) is 9.03. The molecule has 4 heteroatoms. The highest BCUT2D eigenvalue weighted by Crippen LogP contribution is 2.29. The van der Waals surface area contributed by atoms with Gasteiger partial charge >= 0.3 is 0 Å². The van der Waals surface area contributed by atoms with Crippen LogP contribution >= 0.6 is 23.4 Å². The predicted octanol–water partition coefficient (Wildman–Crippen LogP) is 3.52. The molecule has 0 saturated carbocycles. The van der Waals surface area contributed by atoms with Gasteiger partial charge in [-0.1, -0.05) is 18.5 Å². The summed E-state index contributed by atoms with van der Waals surface area (Å²) in [5.74, 6) is 1.13. The third-order valence-corrected chi connectivity index (χ3v) is 4.34. The Bertz CT molecular complexity index is 428. The first-order valence-corrected chi connectivity index (χ1v) is 6.69. The summed E-state index contributed by atoms with van der Waals surface area (Å²) in [7, 11) is 0. The Labute approximate surface area is 105 Å². The molecule has 0 bridgehead atoms. The van der Waals surface area contributed by atoms with Crippen molar-refractivity contribution in [2.75, 3.05) is 11.1 Å². The lowest BCUT2D eigenvalue weighted by Crippen LogP contribution is -2.18. The maximum absolute atomic E-state index is 8.88. The molecule has 1 aliphatic rings. The number of nitrogens with zero attached hydrogens (tertiary/aromatic N) is 1. The van der Waals surface area contributed by atoms with Gasteiger partial charge in [-0.05, 0) is 24.6 Å². The van der Waals surface area contributed by atoms with E-state index in [1.165, 1.54) is 6.42 Å². The quantitative estimate of drug-likeness (QED) is 0.875. The van der Waals surface area contributed by atoms with Crippen molar-refractivity contribution < 1.29 is 0 Å². The zero-order chi connectivity index (χ0) is 11.5. The lowest BCUT2D eigenvalue weighted by molar-refractivity contribution is 0.747. The minimum atomic E-state index is 0.507. The van der Waals surface area contributed by atoms with Gasteiger partial charge in [-0.25, -0.2) is 0 Å². The first-order valence-electron chi connectivity index (χ1n) is 5.27. The van der Waals surface area contributed by atoms with Gasteiger partial charge in [0.2, 0.25) is 0 Å².